The minimum absolute atomic E-state index is 0.415. The van der Waals surface area contributed by atoms with Gasteiger partial charge >= 0.3 is 0 Å². The van der Waals surface area contributed by atoms with Crippen molar-refractivity contribution in [3.05, 3.63) is 59.8 Å². The zero-order chi connectivity index (χ0) is 19.3. The van der Waals surface area contributed by atoms with E-state index in [-0.39, 0.29) is 0 Å². The number of hydrogen-bond donors (Lipinski definition) is 1. The molecule has 0 amide bonds. The molecule has 1 aliphatic rings. The van der Waals surface area contributed by atoms with Crippen LogP contribution in [0.2, 0.25) is 0 Å². The molecular weight excluding hydrogens is 348 g/mol. The third-order valence-electron chi connectivity index (χ3n) is 5.48. The second kappa shape index (κ2) is 6.56. The molecule has 1 aromatic carbocycles. The largest absolute Gasteiger partial charge is 0.311 e. The van der Waals surface area contributed by atoms with Crippen LogP contribution in [-0.2, 0) is 20.0 Å². The number of pyridine rings is 1. The van der Waals surface area contributed by atoms with Crippen molar-refractivity contribution in [3.63, 3.8) is 0 Å². The molecule has 0 fully saturated rings. The average Bonchev–Trinajstić information content (AvgIpc) is 3.31. The summed E-state index contributed by atoms with van der Waals surface area (Å²) in [5.41, 5.74) is 6.95. The molecular formula is C22H24N6. The first-order valence-electron chi connectivity index (χ1n) is 9.81. The highest BCUT2D eigenvalue weighted by molar-refractivity contribution is 5.91. The minimum atomic E-state index is 0.415. The van der Waals surface area contributed by atoms with Crippen LogP contribution in [0.15, 0.2) is 42.9 Å². The molecule has 142 valence electrons. The van der Waals surface area contributed by atoms with Gasteiger partial charge in [0.2, 0.25) is 0 Å². The van der Waals surface area contributed by atoms with Gasteiger partial charge in [-0.25, -0.2) is 4.68 Å². The Morgan fingerprint density at radius 2 is 2.07 bits per heavy atom. The van der Waals surface area contributed by atoms with Gasteiger partial charge in [0.1, 0.15) is 0 Å². The maximum Gasteiger partial charge on any atom is 0.0743 e. The summed E-state index contributed by atoms with van der Waals surface area (Å²) < 4.78 is 3.93. The molecule has 1 N–H and O–H groups in total. The standard InChI is InChI=1S/C22H24N6/c1-14(2)22-17-7-8-23-12-21(17)28(26-22)20-6-4-5-15-9-19(24-11-18(15)20)16-10-25-27(3)13-16/h4-6,9-11,13-14,23H,7-8,12H2,1-3H3. The summed E-state index contributed by atoms with van der Waals surface area (Å²) in [6, 6.07) is 8.51. The van der Waals surface area contributed by atoms with E-state index in [1.807, 2.05) is 25.6 Å². The third-order valence-corrected chi connectivity index (χ3v) is 5.48. The smallest absolute Gasteiger partial charge is 0.0743 e. The number of benzene rings is 1. The molecule has 0 atom stereocenters. The zero-order valence-electron chi connectivity index (χ0n) is 16.5. The molecule has 4 aromatic rings. The lowest BCUT2D eigenvalue weighted by atomic mass is 9.99. The molecule has 0 aliphatic carbocycles. The van der Waals surface area contributed by atoms with E-state index in [2.05, 4.69) is 53.2 Å². The van der Waals surface area contributed by atoms with Gasteiger partial charge in [-0.15, -0.1) is 0 Å². The Balaban J connectivity index is 1.68. The maximum absolute atomic E-state index is 5.03. The topological polar surface area (TPSA) is 60.6 Å². The molecule has 1 aliphatic heterocycles. The molecule has 5 rings (SSSR count). The number of aryl methyl sites for hydroxylation is 1. The molecule has 0 radical (unpaired) electrons. The van der Waals surface area contributed by atoms with Crippen molar-refractivity contribution in [2.75, 3.05) is 6.54 Å². The molecule has 0 spiro atoms. The highest BCUT2D eigenvalue weighted by Crippen LogP contribution is 2.31. The summed E-state index contributed by atoms with van der Waals surface area (Å²) >= 11 is 0. The normalized spacial score (nSPS) is 14.0. The van der Waals surface area contributed by atoms with Crippen LogP contribution in [0.1, 0.15) is 36.7 Å². The van der Waals surface area contributed by atoms with Gasteiger partial charge in [-0.2, -0.15) is 10.2 Å². The quantitative estimate of drug-likeness (QED) is 0.597. The van der Waals surface area contributed by atoms with Crippen molar-refractivity contribution >= 4 is 10.8 Å². The number of fused-ring (bicyclic) bond motifs is 2. The van der Waals surface area contributed by atoms with Gasteiger partial charge < -0.3 is 5.32 Å². The van der Waals surface area contributed by atoms with E-state index >= 15 is 0 Å². The second-order valence-electron chi connectivity index (χ2n) is 7.77. The van der Waals surface area contributed by atoms with Crippen molar-refractivity contribution in [3.8, 4) is 16.9 Å². The van der Waals surface area contributed by atoms with Crippen LogP contribution >= 0.6 is 0 Å². The summed E-state index contributed by atoms with van der Waals surface area (Å²) in [7, 11) is 1.92. The van der Waals surface area contributed by atoms with Gasteiger partial charge in [0.15, 0.2) is 0 Å². The van der Waals surface area contributed by atoms with Crippen LogP contribution in [0.5, 0.6) is 0 Å². The van der Waals surface area contributed by atoms with Gasteiger partial charge in [0, 0.05) is 36.9 Å². The SMILES string of the molecule is CC(C)c1nn(-c2cccc3cc(-c4cnn(C)c4)ncc23)c2c1CCNC2. The molecule has 3 aromatic heterocycles. The van der Waals surface area contributed by atoms with E-state index in [1.54, 1.807) is 4.68 Å². The van der Waals surface area contributed by atoms with Crippen molar-refractivity contribution in [1.82, 2.24) is 29.9 Å². The number of aromatic nitrogens is 5. The lowest BCUT2D eigenvalue weighted by Gasteiger charge is -2.17. The number of nitrogens with zero attached hydrogens (tertiary/aromatic N) is 5. The zero-order valence-corrected chi connectivity index (χ0v) is 16.5. The Bertz CT molecular complexity index is 1170. The van der Waals surface area contributed by atoms with Crippen LogP contribution in [0.4, 0.5) is 0 Å². The van der Waals surface area contributed by atoms with E-state index in [0.717, 1.165) is 47.2 Å². The highest BCUT2D eigenvalue weighted by atomic mass is 15.3. The Morgan fingerprint density at radius 1 is 1.18 bits per heavy atom. The van der Waals surface area contributed by atoms with Gasteiger partial charge in [-0.1, -0.05) is 26.0 Å². The molecule has 4 heterocycles. The lowest BCUT2D eigenvalue weighted by Crippen LogP contribution is -2.25. The summed E-state index contributed by atoms with van der Waals surface area (Å²) in [5, 5.41) is 15.1. The molecule has 0 bridgehead atoms. The monoisotopic (exact) mass is 372 g/mol. The van der Waals surface area contributed by atoms with Crippen LogP contribution in [0, 0.1) is 0 Å². The third kappa shape index (κ3) is 2.72. The molecule has 6 heteroatoms. The van der Waals surface area contributed by atoms with Gasteiger partial charge in [0.25, 0.3) is 0 Å². The summed E-state index contributed by atoms with van der Waals surface area (Å²) in [6.45, 7) is 6.32. The summed E-state index contributed by atoms with van der Waals surface area (Å²) in [5.74, 6) is 0.415. The molecule has 0 saturated heterocycles. The Labute approximate surface area is 164 Å². The Morgan fingerprint density at radius 3 is 2.86 bits per heavy atom. The van der Waals surface area contributed by atoms with E-state index in [4.69, 9.17) is 10.1 Å². The number of hydrogen-bond acceptors (Lipinski definition) is 4. The van der Waals surface area contributed by atoms with Crippen molar-refractivity contribution in [1.29, 1.82) is 0 Å². The average molecular weight is 372 g/mol. The van der Waals surface area contributed by atoms with Crippen LogP contribution < -0.4 is 5.32 Å². The number of nitrogens with one attached hydrogen (secondary N) is 1. The Hall–Kier alpha value is -2.99. The fourth-order valence-corrected chi connectivity index (χ4v) is 4.09. The first kappa shape index (κ1) is 17.1. The van der Waals surface area contributed by atoms with Crippen LogP contribution in [0.3, 0.4) is 0 Å². The highest BCUT2D eigenvalue weighted by Gasteiger charge is 2.23. The van der Waals surface area contributed by atoms with Crippen LogP contribution in [0.25, 0.3) is 27.7 Å². The molecule has 6 nitrogen and oxygen atoms in total. The minimum Gasteiger partial charge on any atom is -0.311 e. The number of rotatable bonds is 3. The van der Waals surface area contributed by atoms with E-state index < -0.39 is 0 Å². The molecule has 0 unspecified atom stereocenters. The summed E-state index contributed by atoms with van der Waals surface area (Å²) in [4.78, 5) is 4.72. The summed E-state index contributed by atoms with van der Waals surface area (Å²) in [6.07, 6.45) is 6.84. The Kier molecular flexibility index (Phi) is 4.02. The van der Waals surface area contributed by atoms with Crippen molar-refractivity contribution < 1.29 is 0 Å². The van der Waals surface area contributed by atoms with E-state index in [0.29, 0.717) is 5.92 Å². The second-order valence-corrected chi connectivity index (χ2v) is 7.77. The molecule has 28 heavy (non-hydrogen) atoms. The van der Waals surface area contributed by atoms with Crippen molar-refractivity contribution in [2.24, 2.45) is 7.05 Å². The van der Waals surface area contributed by atoms with Gasteiger partial charge in [-0.05, 0) is 42.0 Å². The van der Waals surface area contributed by atoms with Crippen LogP contribution in [-0.4, -0.2) is 31.1 Å². The maximum atomic E-state index is 5.03. The fourth-order valence-electron chi connectivity index (χ4n) is 4.09. The van der Waals surface area contributed by atoms with Gasteiger partial charge in [-0.3, -0.25) is 9.67 Å². The van der Waals surface area contributed by atoms with E-state index in [1.165, 1.54) is 17.0 Å². The first-order chi connectivity index (χ1) is 13.6. The molecule has 0 saturated carbocycles. The fraction of sp³-hybridized carbons (Fsp3) is 0.318. The first-order valence-corrected chi connectivity index (χ1v) is 9.81. The lowest BCUT2D eigenvalue weighted by molar-refractivity contribution is 0.614. The predicted molar refractivity (Wildman–Crippen MR) is 111 cm³/mol. The van der Waals surface area contributed by atoms with E-state index in [9.17, 15) is 0 Å². The van der Waals surface area contributed by atoms with Crippen molar-refractivity contribution in [2.45, 2.75) is 32.7 Å². The predicted octanol–water partition coefficient (Wildman–Crippen LogP) is 3.59. The van der Waals surface area contributed by atoms with Gasteiger partial charge in [0.05, 0.1) is 29.0 Å².